The van der Waals surface area contributed by atoms with Gasteiger partial charge in [0.25, 0.3) is 0 Å². The second-order valence-corrected chi connectivity index (χ2v) is 8.06. The first-order valence-corrected chi connectivity index (χ1v) is 9.62. The minimum atomic E-state index is -3.59. The highest BCUT2D eigenvalue weighted by Gasteiger charge is 2.41. The molecule has 2 heterocycles. The first-order chi connectivity index (χ1) is 11.0. The zero-order valence-electron chi connectivity index (χ0n) is 13.2. The molecule has 23 heavy (non-hydrogen) atoms. The predicted molar refractivity (Wildman–Crippen MR) is 89.9 cm³/mol. The lowest BCUT2D eigenvalue weighted by Crippen LogP contribution is -2.46. The quantitative estimate of drug-likeness (QED) is 0.914. The molecule has 124 valence electrons. The number of nitrogens with zero attached hydrogens (tertiary/aromatic N) is 2. The summed E-state index contributed by atoms with van der Waals surface area (Å²) in [6.07, 6.45) is 3.87. The van der Waals surface area contributed by atoms with E-state index in [0.29, 0.717) is 17.9 Å². The van der Waals surface area contributed by atoms with Crippen molar-refractivity contribution in [1.29, 1.82) is 0 Å². The average molecular weight is 354 g/mol. The highest BCUT2D eigenvalue weighted by molar-refractivity contribution is 7.89. The van der Waals surface area contributed by atoms with Crippen LogP contribution in [0.3, 0.4) is 0 Å². The van der Waals surface area contributed by atoms with Gasteiger partial charge in [0.15, 0.2) is 0 Å². The molecule has 1 aromatic heterocycles. The van der Waals surface area contributed by atoms with E-state index in [2.05, 4.69) is 10.2 Å². The first kappa shape index (κ1) is 16.5. The van der Waals surface area contributed by atoms with Gasteiger partial charge in [-0.3, -0.25) is 5.10 Å². The van der Waals surface area contributed by atoms with E-state index >= 15 is 0 Å². The van der Waals surface area contributed by atoms with Crippen LogP contribution in [-0.2, 0) is 16.4 Å². The summed E-state index contributed by atoms with van der Waals surface area (Å²) in [5.74, 6) is 0. The average Bonchev–Trinajstić information content (AvgIpc) is 3.01. The summed E-state index contributed by atoms with van der Waals surface area (Å²) >= 11 is 5.89. The molecule has 3 rings (SSSR count). The molecule has 0 bridgehead atoms. The highest BCUT2D eigenvalue weighted by Crippen LogP contribution is 2.39. The van der Waals surface area contributed by atoms with Crippen molar-refractivity contribution in [2.24, 2.45) is 0 Å². The predicted octanol–water partition coefficient (Wildman–Crippen LogP) is 3.54. The molecule has 1 aliphatic rings. The van der Waals surface area contributed by atoms with E-state index < -0.39 is 10.0 Å². The number of benzene rings is 1. The van der Waals surface area contributed by atoms with Crippen molar-refractivity contribution >= 4 is 21.6 Å². The third kappa shape index (κ3) is 2.79. The molecule has 0 spiro atoms. The van der Waals surface area contributed by atoms with E-state index in [9.17, 15) is 8.42 Å². The molecular weight excluding hydrogens is 334 g/mol. The van der Waals surface area contributed by atoms with Crippen molar-refractivity contribution in [2.75, 3.05) is 0 Å². The van der Waals surface area contributed by atoms with Crippen LogP contribution >= 0.6 is 11.6 Å². The van der Waals surface area contributed by atoms with Gasteiger partial charge in [0, 0.05) is 28.7 Å². The summed E-state index contributed by atoms with van der Waals surface area (Å²) in [5, 5.41) is 7.65. The van der Waals surface area contributed by atoms with E-state index in [0.717, 1.165) is 17.7 Å². The molecule has 5 nitrogen and oxygen atoms in total. The van der Waals surface area contributed by atoms with Crippen LogP contribution in [0.2, 0.25) is 5.02 Å². The Morgan fingerprint density at radius 2 is 1.96 bits per heavy atom. The molecule has 1 N–H and O–H groups in total. The van der Waals surface area contributed by atoms with E-state index in [4.69, 9.17) is 11.6 Å². The number of aromatic nitrogens is 2. The van der Waals surface area contributed by atoms with Gasteiger partial charge in [-0.25, -0.2) is 8.42 Å². The van der Waals surface area contributed by atoms with Gasteiger partial charge < -0.3 is 0 Å². The normalized spacial score (nSPS) is 22.0. The molecule has 0 amide bonds. The Hall–Kier alpha value is -1.37. The Kier molecular flexibility index (Phi) is 4.49. The Labute approximate surface area is 141 Å². The van der Waals surface area contributed by atoms with Crippen molar-refractivity contribution in [3.63, 3.8) is 0 Å². The summed E-state index contributed by atoms with van der Waals surface area (Å²) < 4.78 is 28.1. The lowest BCUT2D eigenvalue weighted by molar-refractivity contribution is 0.217. The molecule has 0 saturated carbocycles. The zero-order valence-corrected chi connectivity index (χ0v) is 14.7. The maximum Gasteiger partial charge on any atom is 0.243 e. The SMILES string of the molecule is CCC1Cc2[nH]ncc2C(CC)N1S(=O)(=O)c1ccc(Cl)cc1. The van der Waals surface area contributed by atoms with Crippen LogP contribution in [0, 0.1) is 0 Å². The largest absolute Gasteiger partial charge is 0.282 e. The number of aromatic amines is 1. The highest BCUT2D eigenvalue weighted by atomic mass is 35.5. The molecule has 0 aliphatic carbocycles. The van der Waals surface area contributed by atoms with E-state index in [1.165, 1.54) is 0 Å². The minimum absolute atomic E-state index is 0.0754. The second-order valence-electron chi connectivity index (χ2n) is 5.78. The van der Waals surface area contributed by atoms with Gasteiger partial charge >= 0.3 is 0 Å². The zero-order chi connectivity index (χ0) is 16.6. The molecule has 2 atom stereocenters. The summed E-state index contributed by atoms with van der Waals surface area (Å²) in [6, 6.07) is 6.11. The number of rotatable bonds is 4. The van der Waals surface area contributed by atoms with Gasteiger partial charge in [0.05, 0.1) is 17.1 Å². The van der Waals surface area contributed by atoms with Crippen LogP contribution in [0.4, 0.5) is 0 Å². The standard InChI is InChI=1S/C16H20ClN3O2S/c1-3-12-9-15-14(10-18-19-15)16(4-2)20(12)23(21,22)13-7-5-11(17)6-8-13/h5-8,10,12,16H,3-4,9H2,1-2H3,(H,18,19). The van der Waals surface area contributed by atoms with Crippen molar-refractivity contribution in [3.8, 4) is 0 Å². The molecular formula is C16H20ClN3O2S. The fourth-order valence-corrected chi connectivity index (χ4v) is 5.37. The minimum Gasteiger partial charge on any atom is -0.282 e. The number of nitrogens with one attached hydrogen (secondary N) is 1. The molecule has 1 aromatic carbocycles. The van der Waals surface area contributed by atoms with E-state index in [1.54, 1.807) is 34.8 Å². The molecule has 0 saturated heterocycles. The molecule has 2 unspecified atom stereocenters. The number of fused-ring (bicyclic) bond motifs is 1. The van der Waals surface area contributed by atoms with Gasteiger partial charge in [0.2, 0.25) is 10.0 Å². The van der Waals surface area contributed by atoms with Crippen LogP contribution < -0.4 is 0 Å². The summed E-state index contributed by atoms with van der Waals surface area (Å²) in [6.45, 7) is 4.02. The van der Waals surface area contributed by atoms with Gasteiger partial charge in [-0.2, -0.15) is 9.40 Å². The molecule has 2 aromatic rings. The number of hydrogen-bond donors (Lipinski definition) is 1. The molecule has 1 aliphatic heterocycles. The Bertz CT molecular complexity index is 786. The van der Waals surface area contributed by atoms with Crippen molar-refractivity contribution in [2.45, 2.75) is 50.1 Å². The molecule has 0 radical (unpaired) electrons. The van der Waals surface area contributed by atoms with E-state index in [-0.39, 0.29) is 17.0 Å². The third-order valence-corrected chi connectivity index (χ3v) is 6.69. The maximum absolute atomic E-state index is 13.2. The molecule has 7 heteroatoms. The lowest BCUT2D eigenvalue weighted by Gasteiger charge is -2.40. The van der Waals surface area contributed by atoms with Crippen molar-refractivity contribution in [3.05, 3.63) is 46.7 Å². The Morgan fingerprint density at radius 1 is 1.26 bits per heavy atom. The Balaban J connectivity index is 2.09. The Morgan fingerprint density at radius 3 is 2.57 bits per heavy atom. The summed E-state index contributed by atoms with van der Waals surface area (Å²) in [4.78, 5) is 0.283. The van der Waals surface area contributed by atoms with Gasteiger partial charge in [-0.1, -0.05) is 25.4 Å². The van der Waals surface area contributed by atoms with Crippen LogP contribution in [0.25, 0.3) is 0 Å². The summed E-state index contributed by atoms with van der Waals surface area (Å²) in [7, 11) is -3.59. The van der Waals surface area contributed by atoms with Crippen LogP contribution in [-0.4, -0.2) is 29.0 Å². The van der Waals surface area contributed by atoms with Gasteiger partial charge in [-0.15, -0.1) is 0 Å². The number of H-pyrrole nitrogens is 1. The van der Waals surface area contributed by atoms with Crippen LogP contribution in [0.1, 0.15) is 44.0 Å². The number of halogens is 1. The maximum atomic E-state index is 13.2. The number of sulfonamides is 1. The first-order valence-electron chi connectivity index (χ1n) is 7.80. The third-order valence-electron chi connectivity index (χ3n) is 4.46. The van der Waals surface area contributed by atoms with Crippen molar-refractivity contribution in [1.82, 2.24) is 14.5 Å². The number of hydrogen-bond acceptors (Lipinski definition) is 3. The van der Waals surface area contributed by atoms with Gasteiger partial charge in [0.1, 0.15) is 0 Å². The van der Waals surface area contributed by atoms with Gasteiger partial charge in [-0.05, 0) is 37.1 Å². The van der Waals surface area contributed by atoms with E-state index in [1.807, 2.05) is 13.8 Å². The summed E-state index contributed by atoms with van der Waals surface area (Å²) in [5.41, 5.74) is 2.03. The van der Waals surface area contributed by atoms with Crippen molar-refractivity contribution < 1.29 is 8.42 Å². The fourth-order valence-electron chi connectivity index (χ4n) is 3.31. The van der Waals surface area contributed by atoms with Crippen LogP contribution in [0.15, 0.2) is 35.4 Å². The lowest BCUT2D eigenvalue weighted by atomic mass is 9.93. The smallest absolute Gasteiger partial charge is 0.243 e. The monoisotopic (exact) mass is 353 g/mol. The second kappa shape index (κ2) is 6.26. The molecule has 0 fully saturated rings. The fraction of sp³-hybridized carbons (Fsp3) is 0.438. The van der Waals surface area contributed by atoms with Crippen LogP contribution in [0.5, 0.6) is 0 Å². The topological polar surface area (TPSA) is 66.1 Å².